The molecular weight excluding hydrogens is 511 g/mol. The van der Waals surface area contributed by atoms with E-state index in [-0.39, 0.29) is 20.1 Å². The fourth-order valence-corrected chi connectivity index (χ4v) is 1.03. The summed E-state index contributed by atoms with van der Waals surface area (Å²) in [6.07, 6.45) is 7.78. The van der Waals surface area contributed by atoms with E-state index < -0.39 is 7.25 Å². The molecule has 0 amide bonds. The quantitative estimate of drug-likeness (QED) is 0.209. The third kappa shape index (κ3) is 28.7. The van der Waals surface area contributed by atoms with Gasteiger partial charge in [-0.2, -0.15) is 0 Å². The zero-order chi connectivity index (χ0) is 19.1. The van der Waals surface area contributed by atoms with Gasteiger partial charge in [0.05, 0.1) is 0 Å². The maximum absolute atomic E-state index is 9.75. The van der Waals surface area contributed by atoms with Crippen molar-refractivity contribution in [3.8, 4) is 0 Å². The molecule has 2 rings (SSSR count). The van der Waals surface area contributed by atoms with Gasteiger partial charge in [0.25, 0.3) is 0 Å². The minimum absolute atomic E-state index is 0. The van der Waals surface area contributed by atoms with Gasteiger partial charge in [0.2, 0.25) is 13.3 Å². The Morgan fingerprint density at radius 3 is 0.833 bits per heavy atom. The Hall–Kier alpha value is -1.41. The SMILES string of the molecule is CN1[C]N(C)C=C1.CN1[C]N(C)C=C1.F[B-](F)(F)F.[C-]#[O+].[C-]#[O+].[Ir]. The van der Waals surface area contributed by atoms with Crippen molar-refractivity contribution in [2.24, 2.45) is 0 Å². The molecule has 0 aromatic rings. The van der Waals surface area contributed by atoms with Crippen molar-refractivity contribution in [1.82, 2.24) is 19.6 Å². The number of nitrogens with zero attached hydrogens (tertiary/aromatic N) is 4. The molecule has 0 fully saturated rings. The number of rotatable bonds is 0. The second-order valence-electron chi connectivity index (χ2n) is 3.73. The molecule has 0 atom stereocenters. The summed E-state index contributed by atoms with van der Waals surface area (Å²) in [7, 11) is 1.78. The predicted octanol–water partition coefficient (Wildman–Crippen LogP) is 1.88. The molecule has 2 heterocycles. The van der Waals surface area contributed by atoms with Crippen LogP contribution in [0.3, 0.4) is 0 Å². The van der Waals surface area contributed by atoms with E-state index in [1.54, 1.807) is 0 Å². The van der Waals surface area contributed by atoms with Gasteiger partial charge in [0.1, 0.15) is 0 Å². The summed E-state index contributed by atoms with van der Waals surface area (Å²) in [5.74, 6) is 0. The fourth-order valence-electron chi connectivity index (χ4n) is 1.03. The molecule has 6 nitrogen and oxygen atoms in total. The van der Waals surface area contributed by atoms with Crippen LogP contribution in [0.15, 0.2) is 24.8 Å². The molecule has 12 heteroatoms. The van der Waals surface area contributed by atoms with Gasteiger partial charge < -0.3 is 36.9 Å². The molecule has 24 heavy (non-hydrogen) atoms. The molecule has 0 aromatic heterocycles. The Kier molecular flexibility index (Phi) is 22.8. The van der Waals surface area contributed by atoms with Crippen molar-refractivity contribution >= 4 is 7.25 Å². The summed E-state index contributed by atoms with van der Waals surface area (Å²) >= 11 is 0. The number of hydrogen-bond donors (Lipinski definition) is 0. The van der Waals surface area contributed by atoms with Crippen LogP contribution in [0.25, 0.3) is 0 Å². The average molecular weight is 527 g/mol. The van der Waals surface area contributed by atoms with Crippen molar-refractivity contribution in [2.45, 2.75) is 0 Å². The van der Waals surface area contributed by atoms with Gasteiger partial charge >= 0.3 is 29.9 Å². The smallest absolute Gasteiger partial charge is 0 e. The zero-order valence-corrected chi connectivity index (χ0v) is 15.7. The Balaban J connectivity index is -0.000000112. The van der Waals surface area contributed by atoms with E-state index in [0.717, 1.165) is 0 Å². The monoisotopic (exact) mass is 528 g/mol. The van der Waals surface area contributed by atoms with Crippen LogP contribution in [0.2, 0.25) is 0 Å². The summed E-state index contributed by atoms with van der Waals surface area (Å²) < 4.78 is 54.0. The fraction of sp³-hybridized carbons (Fsp3) is 0.333. The van der Waals surface area contributed by atoms with E-state index in [0.29, 0.717) is 0 Å². The van der Waals surface area contributed by atoms with Crippen LogP contribution in [0.4, 0.5) is 17.3 Å². The van der Waals surface area contributed by atoms with Gasteiger partial charge in [-0.05, 0) is 0 Å². The van der Waals surface area contributed by atoms with Crippen LogP contribution in [-0.2, 0) is 29.4 Å². The molecule has 0 unspecified atom stereocenters. The van der Waals surface area contributed by atoms with E-state index in [9.17, 15) is 17.3 Å². The van der Waals surface area contributed by atoms with Crippen LogP contribution in [0, 0.1) is 26.6 Å². The molecule has 0 spiro atoms. The molecule has 2 aliphatic rings. The zero-order valence-electron chi connectivity index (χ0n) is 13.3. The van der Waals surface area contributed by atoms with Gasteiger partial charge in [0.15, 0.2) is 0 Å². The first kappa shape index (κ1) is 30.5. The first-order valence-corrected chi connectivity index (χ1v) is 5.66. The molecule has 0 aliphatic carbocycles. The molecule has 0 bridgehead atoms. The Morgan fingerprint density at radius 1 is 0.667 bits per heavy atom. The molecule has 0 N–H and O–H groups in total. The molecule has 137 valence electrons. The second-order valence-corrected chi connectivity index (χ2v) is 3.73. The van der Waals surface area contributed by atoms with Gasteiger partial charge in [-0.15, -0.1) is 0 Å². The molecule has 0 aromatic carbocycles. The Bertz CT molecular complexity index is 338. The first-order chi connectivity index (χ1) is 10.6. The van der Waals surface area contributed by atoms with Crippen LogP contribution in [0.5, 0.6) is 0 Å². The van der Waals surface area contributed by atoms with E-state index >= 15 is 0 Å². The third-order valence-electron chi connectivity index (χ3n) is 1.66. The van der Waals surface area contributed by atoms with Crippen molar-refractivity contribution in [3.05, 3.63) is 51.4 Å². The predicted molar refractivity (Wildman–Crippen MR) is 73.9 cm³/mol. The molecule has 5 radical (unpaired) electrons. The van der Waals surface area contributed by atoms with Crippen LogP contribution in [0.1, 0.15) is 0 Å². The van der Waals surface area contributed by atoms with Crippen LogP contribution < -0.4 is 0 Å². The van der Waals surface area contributed by atoms with E-state index in [2.05, 4.69) is 26.6 Å². The maximum atomic E-state index is 9.75. The summed E-state index contributed by atoms with van der Waals surface area (Å²) in [5, 5.41) is 0. The molecule has 2 aliphatic heterocycles. The van der Waals surface area contributed by atoms with Crippen LogP contribution >= 0.6 is 0 Å². The number of halogens is 4. The first-order valence-electron chi connectivity index (χ1n) is 5.66. The largest absolute Gasteiger partial charge is 0 e. The summed E-state index contributed by atoms with van der Waals surface area (Å²) in [6, 6.07) is 0. The van der Waals surface area contributed by atoms with Crippen molar-refractivity contribution in [1.29, 1.82) is 0 Å². The summed E-state index contributed by atoms with van der Waals surface area (Å²) in [5.41, 5.74) is 0. The normalized spacial score (nSPS) is 13.8. The number of hydrogen-bond acceptors (Lipinski definition) is 4. The van der Waals surface area contributed by atoms with E-state index in [1.165, 1.54) is 0 Å². The Morgan fingerprint density at radius 2 is 0.792 bits per heavy atom. The van der Waals surface area contributed by atoms with Crippen molar-refractivity contribution < 1.29 is 46.7 Å². The second kappa shape index (κ2) is 17.9. The van der Waals surface area contributed by atoms with E-state index in [1.807, 2.05) is 72.6 Å². The minimum Gasteiger partial charge on any atom is 0 e. The standard InChI is InChI=1S/2C5H8N2.2CO.BF4.Ir/c2*1-6-3-4-7(2)5-6;2*1-2;2-1(3,4)5;/h2*3-4H,1-2H3;;;;/q;;;;-1;. The molecule has 0 saturated carbocycles. The van der Waals surface area contributed by atoms with E-state index in [4.69, 9.17) is 9.30 Å². The van der Waals surface area contributed by atoms with Gasteiger partial charge in [-0.1, -0.05) is 0 Å². The van der Waals surface area contributed by atoms with Gasteiger partial charge in [0, 0.05) is 73.1 Å². The molecule has 0 saturated heterocycles. The minimum atomic E-state index is -6.00. The molecular formula is C12H16BF4IrN4O2-. The van der Waals surface area contributed by atoms with Crippen molar-refractivity contribution in [2.75, 3.05) is 28.2 Å². The average Bonchev–Trinajstić information content (AvgIpc) is 3.01. The van der Waals surface area contributed by atoms with Gasteiger partial charge in [-0.3, -0.25) is 0 Å². The van der Waals surface area contributed by atoms with Crippen molar-refractivity contribution in [3.63, 3.8) is 0 Å². The summed E-state index contributed by atoms with van der Waals surface area (Å²) in [4.78, 5) is 7.50. The Labute approximate surface area is 153 Å². The summed E-state index contributed by atoms with van der Waals surface area (Å²) in [6.45, 7) is 14.9. The van der Waals surface area contributed by atoms with Crippen LogP contribution in [-0.4, -0.2) is 55.0 Å². The van der Waals surface area contributed by atoms with Gasteiger partial charge in [-0.25, -0.2) is 0 Å². The topological polar surface area (TPSA) is 52.8 Å². The maximum Gasteiger partial charge on any atom is 0 e. The third-order valence-corrected chi connectivity index (χ3v) is 1.66.